The van der Waals surface area contributed by atoms with E-state index in [1.807, 2.05) is 18.0 Å². The van der Waals surface area contributed by atoms with Crippen molar-refractivity contribution in [3.63, 3.8) is 0 Å². The Morgan fingerprint density at radius 2 is 2.20 bits per heavy atom. The van der Waals surface area contributed by atoms with Crippen LogP contribution in [-0.2, 0) is 0 Å². The number of nitrogens with zero attached hydrogens (tertiary/aromatic N) is 1. The van der Waals surface area contributed by atoms with Crippen LogP contribution in [0.3, 0.4) is 0 Å². The molecule has 1 saturated carbocycles. The lowest BCUT2D eigenvalue weighted by Crippen LogP contribution is -2.42. The van der Waals surface area contributed by atoms with E-state index in [1.165, 1.54) is 32.1 Å². The van der Waals surface area contributed by atoms with Crippen LogP contribution >= 0.6 is 27.7 Å². The number of pyridine rings is 1. The minimum atomic E-state index is 0.646. The van der Waals surface area contributed by atoms with E-state index in [0.29, 0.717) is 11.3 Å². The molecule has 0 aliphatic heterocycles. The van der Waals surface area contributed by atoms with Crippen LogP contribution in [0.2, 0.25) is 0 Å². The summed E-state index contributed by atoms with van der Waals surface area (Å²) in [5.74, 6) is 0.891. The Kier molecular flexibility index (Phi) is 6.85. The first-order chi connectivity index (χ1) is 9.72. The molecule has 1 aromatic rings. The van der Waals surface area contributed by atoms with Crippen molar-refractivity contribution in [2.24, 2.45) is 5.92 Å². The van der Waals surface area contributed by atoms with E-state index in [2.05, 4.69) is 52.2 Å². The maximum Gasteiger partial charge on any atom is 0.0963 e. The molecule has 1 aliphatic rings. The van der Waals surface area contributed by atoms with Crippen LogP contribution in [0, 0.1) is 5.92 Å². The van der Waals surface area contributed by atoms with Gasteiger partial charge in [0.05, 0.1) is 5.03 Å². The predicted octanol–water partition coefficient (Wildman–Crippen LogP) is 4.88. The van der Waals surface area contributed by atoms with Gasteiger partial charge in [-0.2, -0.15) is 0 Å². The van der Waals surface area contributed by atoms with Gasteiger partial charge in [0, 0.05) is 22.0 Å². The number of hydrogen-bond acceptors (Lipinski definition) is 3. The Hall–Kier alpha value is -0.0600. The minimum absolute atomic E-state index is 0.646. The standard InChI is InChI=1S/C16H25BrN2S/c1-3-9-18-14-7-5-12(4-2)10-15(14)20-16-8-6-13(17)11-19-16/h6,8,11-12,14-15,18H,3-5,7,9-10H2,1-2H3. The quantitative estimate of drug-likeness (QED) is 0.785. The molecular weight excluding hydrogens is 332 g/mol. The molecular formula is C16H25BrN2S. The van der Waals surface area contributed by atoms with E-state index in [1.54, 1.807) is 0 Å². The largest absolute Gasteiger partial charge is 0.313 e. The van der Waals surface area contributed by atoms with Gasteiger partial charge < -0.3 is 5.32 Å². The van der Waals surface area contributed by atoms with Crippen molar-refractivity contribution in [3.05, 3.63) is 22.8 Å². The second kappa shape index (κ2) is 8.40. The van der Waals surface area contributed by atoms with Crippen LogP contribution in [0.15, 0.2) is 27.8 Å². The zero-order chi connectivity index (χ0) is 14.4. The van der Waals surface area contributed by atoms with Gasteiger partial charge in [-0.25, -0.2) is 4.98 Å². The molecule has 1 N–H and O–H groups in total. The highest BCUT2D eigenvalue weighted by Crippen LogP contribution is 2.37. The Bertz CT molecular complexity index is 396. The minimum Gasteiger partial charge on any atom is -0.313 e. The van der Waals surface area contributed by atoms with E-state index in [-0.39, 0.29) is 0 Å². The van der Waals surface area contributed by atoms with Crippen molar-refractivity contribution in [1.29, 1.82) is 0 Å². The van der Waals surface area contributed by atoms with Gasteiger partial charge in [-0.05, 0) is 66.2 Å². The fraction of sp³-hybridized carbons (Fsp3) is 0.688. The Morgan fingerprint density at radius 1 is 1.35 bits per heavy atom. The molecule has 3 atom stereocenters. The summed E-state index contributed by atoms with van der Waals surface area (Å²) >= 11 is 5.41. The lowest BCUT2D eigenvalue weighted by Gasteiger charge is -2.36. The molecule has 0 saturated heterocycles. The van der Waals surface area contributed by atoms with Gasteiger partial charge in [0.15, 0.2) is 0 Å². The number of aromatic nitrogens is 1. The summed E-state index contributed by atoms with van der Waals surface area (Å²) < 4.78 is 1.05. The van der Waals surface area contributed by atoms with Crippen molar-refractivity contribution in [2.75, 3.05) is 6.54 Å². The molecule has 0 radical (unpaired) electrons. The summed E-state index contributed by atoms with van der Waals surface area (Å²) in [6, 6.07) is 4.86. The topological polar surface area (TPSA) is 24.9 Å². The van der Waals surface area contributed by atoms with Crippen molar-refractivity contribution >= 4 is 27.7 Å². The summed E-state index contributed by atoms with van der Waals surface area (Å²) in [6.07, 6.45) is 8.43. The molecule has 1 aliphatic carbocycles. The van der Waals surface area contributed by atoms with E-state index < -0.39 is 0 Å². The molecule has 1 aromatic heterocycles. The lowest BCUT2D eigenvalue weighted by atomic mass is 9.84. The molecule has 1 heterocycles. The Balaban J connectivity index is 2.00. The molecule has 0 amide bonds. The first-order valence-electron chi connectivity index (χ1n) is 7.74. The smallest absolute Gasteiger partial charge is 0.0963 e. The molecule has 2 rings (SSSR count). The first-order valence-corrected chi connectivity index (χ1v) is 9.41. The number of nitrogens with one attached hydrogen (secondary N) is 1. The third-order valence-electron chi connectivity index (χ3n) is 4.11. The molecule has 0 spiro atoms. The van der Waals surface area contributed by atoms with Gasteiger partial charge in [0.25, 0.3) is 0 Å². The molecule has 1 fully saturated rings. The molecule has 3 unspecified atom stereocenters. The van der Waals surface area contributed by atoms with Crippen molar-refractivity contribution in [2.45, 2.75) is 62.3 Å². The van der Waals surface area contributed by atoms with Gasteiger partial charge in [-0.3, -0.25) is 0 Å². The number of thioether (sulfide) groups is 1. The van der Waals surface area contributed by atoms with Crippen LogP contribution in [-0.4, -0.2) is 22.8 Å². The fourth-order valence-electron chi connectivity index (χ4n) is 2.86. The van der Waals surface area contributed by atoms with Crippen LogP contribution < -0.4 is 5.32 Å². The summed E-state index contributed by atoms with van der Waals surface area (Å²) in [5, 5.41) is 5.55. The number of rotatable bonds is 6. The highest BCUT2D eigenvalue weighted by atomic mass is 79.9. The van der Waals surface area contributed by atoms with E-state index >= 15 is 0 Å². The molecule has 112 valence electrons. The maximum atomic E-state index is 4.53. The van der Waals surface area contributed by atoms with Gasteiger partial charge in [0.2, 0.25) is 0 Å². The summed E-state index contributed by atoms with van der Waals surface area (Å²) in [5.41, 5.74) is 0. The average molecular weight is 357 g/mol. The van der Waals surface area contributed by atoms with Crippen molar-refractivity contribution in [1.82, 2.24) is 10.3 Å². The second-order valence-corrected chi connectivity index (χ2v) is 7.79. The fourth-order valence-corrected chi connectivity index (χ4v) is 4.43. The highest BCUT2D eigenvalue weighted by Gasteiger charge is 2.30. The van der Waals surface area contributed by atoms with E-state index in [9.17, 15) is 0 Å². The lowest BCUT2D eigenvalue weighted by molar-refractivity contribution is 0.295. The molecule has 0 bridgehead atoms. The summed E-state index contributed by atoms with van der Waals surface area (Å²) in [6.45, 7) is 5.69. The van der Waals surface area contributed by atoms with Crippen molar-refractivity contribution < 1.29 is 0 Å². The Morgan fingerprint density at radius 3 is 2.85 bits per heavy atom. The van der Waals surface area contributed by atoms with E-state index in [4.69, 9.17) is 0 Å². The van der Waals surface area contributed by atoms with Gasteiger partial charge in [-0.1, -0.05) is 20.3 Å². The van der Waals surface area contributed by atoms with E-state index in [0.717, 1.165) is 22.0 Å². The normalized spacial score (nSPS) is 26.6. The first kappa shape index (κ1) is 16.3. The van der Waals surface area contributed by atoms with Crippen molar-refractivity contribution in [3.8, 4) is 0 Å². The maximum absolute atomic E-state index is 4.53. The molecule has 0 aromatic carbocycles. The van der Waals surface area contributed by atoms with Crippen LogP contribution in [0.25, 0.3) is 0 Å². The molecule has 20 heavy (non-hydrogen) atoms. The highest BCUT2D eigenvalue weighted by molar-refractivity contribution is 9.10. The zero-order valence-corrected chi connectivity index (χ0v) is 14.8. The SMILES string of the molecule is CCCNC1CCC(CC)CC1Sc1ccc(Br)cn1. The third-order valence-corrected chi connectivity index (χ3v) is 5.88. The Labute approximate surface area is 135 Å². The van der Waals surface area contributed by atoms with Gasteiger partial charge in [-0.15, -0.1) is 11.8 Å². The number of hydrogen-bond donors (Lipinski definition) is 1. The summed E-state index contributed by atoms with van der Waals surface area (Å²) in [7, 11) is 0. The number of halogens is 1. The third kappa shape index (κ3) is 4.74. The monoisotopic (exact) mass is 356 g/mol. The van der Waals surface area contributed by atoms with Crippen LogP contribution in [0.4, 0.5) is 0 Å². The second-order valence-electron chi connectivity index (χ2n) is 5.62. The predicted molar refractivity (Wildman–Crippen MR) is 91.3 cm³/mol. The van der Waals surface area contributed by atoms with Crippen LogP contribution in [0.1, 0.15) is 46.0 Å². The molecule has 2 nitrogen and oxygen atoms in total. The van der Waals surface area contributed by atoms with Gasteiger partial charge >= 0.3 is 0 Å². The van der Waals surface area contributed by atoms with Gasteiger partial charge in [0.1, 0.15) is 0 Å². The molecule has 4 heteroatoms. The average Bonchev–Trinajstić information content (AvgIpc) is 2.48. The summed E-state index contributed by atoms with van der Waals surface area (Å²) in [4.78, 5) is 4.53. The van der Waals surface area contributed by atoms with Crippen LogP contribution in [0.5, 0.6) is 0 Å². The zero-order valence-electron chi connectivity index (χ0n) is 12.4.